The fourth-order valence-corrected chi connectivity index (χ4v) is 3.14. The highest BCUT2D eigenvalue weighted by Crippen LogP contribution is 2.29. The van der Waals surface area contributed by atoms with Crippen molar-refractivity contribution in [3.63, 3.8) is 0 Å². The summed E-state index contributed by atoms with van der Waals surface area (Å²) in [7, 11) is 0. The molecule has 0 radical (unpaired) electrons. The van der Waals surface area contributed by atoms with E-state index in [1.165, 1.54) is 5.57 Å². The number of benzene rings is 1. The number of rotatable bonds is 3. The molecular weight excluding hydrogens is 290 g/mol. The number of carbonyl (C=O) groups is 2. The van der Waals surface area contributed by atoms with Crippen LogP contribution in [0.2, 0.25) is 0 Å². The van der Waals surface area contributed by atoms with Gasteiger partial charge in [-0.15, -0.1) is 0 Å². The fourth-order valence-electron chi connectivity index (χ4n) is 3.14. The Morgan fingerprint density at radius 2 is 1.96 bits per heavy atom. The lowest BCUT2D eigenvalue weighted by molar-refractivity contribution is 0.0525. The van der Waals surface area contributed by atoms with Crippen molar-refractivity contribution in [3.8, 4) is 0 Å². The highest BCUT2D eigenvalue weighted by Gasteiger charge is 2.27. The summed E-state index contributed by atoms with van der Waals surface area (Å²) in [5.74, 6) is 0.260. The lowest BCUT2D eigenvalue weighted by atomic mass is 9.85. The van der Waals surface area contributed by atoms with Crippen LogP contribution >= 0.6 is 0 Å². The van der Waals surface area contributed by atoms with Crippen molar-refractivity contribution in [2.24, 2.45) is 5.92 Å². The Morgan fingerprint density at radius 1 is 1.22 bits per heavy atom. The summed E-state index contributed by atoms with van der Waals surface area (Å²) < 4.78 is 4.96. The molecule has 1 aromatic carbocycles. The van der Waals surface area contributed by atoms with Crippen molar-refractivity contribution in [2.75, 3.05) is 19.7 Å². The SMILES string of the molecule is CCOC(=O)c1ccc(C(=O)N2CCC3CC=CC=C3C2)cc1. The Morgan fingerprint density at radius 3 is 2.70 bits per heavy atom. The summed E-state index contributed by atoms with van der Waals surface area (Å²) in [5.41, 5.74) is 2.43. The predicted molar refractivity (Wildman–Crippen MR) is 88.2 cm³/mol. The molecule has 120 valence electrons. The van der Waals surface area contributed by atoms with Gasteiger partial charge in [0.15, 0.2) is 0 Å². The van der Waals surface area contributed by atoms with Gasteiger partial charge in [0.25, 0.3) is 5.91 Å². The molecule has 1 heterocycles. The molecule has 4 heteroatoms. The van der Waals surface area contributed by atoms with Gasteiger partial charge in [-0.1, -0.05) is 18.2 Å². The van der Waals surface area contributed by atoms with Gasteiger partial charge in [-0.25, -0.2) is 4.79 Å². The molecule has 1 fully saturated rings. The molecule has 23 heavy (non-hydrogen) atoms. The van der Waals surface area contributed by atoms with Gasteiger partial charge in [0, 0.05) is 18.7 Å². The highest BCUT2D eigenvalue weighted by molar-refractivity contribution is 5.96. The average Bonchev–Trinajstić information content (AvgIpc) is 2.61. The number of likely N-dealkylation sites (tertiary alicyclic amines) is 1. The van der Waals surface area contributed by atoms with E-state index in [0.717, 1.165) is 19.4 Å². The van der Waals surface area contributed by atoms with Crippen LogP contribution in [0, 0.1) is 5.92 Å². The van der Waals surface area contributed by atoms with Crippen LogP contribution in [0.4, 0.5) is 0 Å². The standard InChI is InChI=1S/C19H21NO3/c1-2-23-19(22)16-9-7-15(8-10-16)18(21)20-12-11-14-5-3-4-6-17(14)13-20/h3-4,6-10,14H,2,5,11-13H2,1H3. The molecule has 0 aromatic heterocycles. The van der Waals surface area contributed by atoms with Crippen molar-refractivity contribution >= 4 is 11.9 Å². The van der Waals surface area contributed by atoms with Crippen LogP contribution in [0.25, 0.3) is 0 Å². The van der Waals surface area contributed by atoms with Crippen molar-refractivity contribution in [1.82, 2.24) is 4.90 Å². The van der Waals surface area contributed by atoms with Gasteiger partial charge in [-0.05, 0) is 55.5 Å². The monoisotopic (exact) mass is 311 g/mol. The number of allylic oxidation sites excluding steroid dienone is 3. The number of nitrogens with zero attached hydrogens (tertiary/aromatic N) is 1. The summed E-state index contributed by atoms with van der Waals surface area (Å²) in [6.07, 6.45) is 8.51. The number of amides is 1. The van der Waals surface area contributed by atoms with E-state index in [2.05, 4.69) is 18.2 Å². The third-order valence-corrected chi connectivity index (χ3v) is 4.44. The maximum absolute atomic E-state index is 12.6. The van der Waals surface area contributed by atoms with Crippen LogP contribution in [-0.4, -0.2) is 36.5 Å². The van der Waals surface area contributed by atoms with Gasteiger partial charge in [0.2, 0.25) is 0 Å². The number of carbonyl (C=O) groups excluding carboxylic acids is 2. The molecule has 0 bridgehead atoms. The van der Waals surface area contributed by atoms with Crippen LogP contribution in [0.1, 0.15) is 40.5 Å². The normalized spacial score (nSPS) is 19.8. The van der Waals surface area contributed by atoms with Crippen LogP contribution < -0.4 is 0 Å². The van der Waals surface area contributed by atoms with Gasteiger partial charge < -0.3 is 9.64 Å². The van der Waals surface area contributed by atoms with Crippen molar-refractivity contribution in [3.05, 3.63) is 59.2 Å². The molecule has 1 aliphatic carbocycles. The van der Waals surface area contributed by atoms with E-state index >= 15 is 0 Å². The van der Waals surface area contributed by atoms with Crippen molar-refractivity contribution in [1.29, 1.82) is 0 Å². The molecule has 0 N–H and O–H groups in total. The zero-order chi connectivity index (χ0) is 16.2. The Hall–Kier alpha value is -2.36. The molecule has 1 saturated heterocycles. The molecule has 2 aliphatic rings. The molecule has 1 amide bonds. The lowest BCUT2D eigenvalue weighted by Gasteiger charge is -2.35. The van der Waals surface area contributed by atoms with Crippen LogP contribution in [0.5, 0.6) is 0 Å². The minimum Gasteiger partial charge on any atom is -0.462 e. The first-order chi connectivity index (χ1) is 11.2. The first kappa shape index (κ1) is 15.5. The highest BCUT2D eigenvalue weighted by atomic mass is 16.5. The molecule has 4 nitrogen and oxygen atoms in total. The van der Waals surface area contributed by atoms with E-state index < -0.39 is 0 Å². The predicted octanol–water partition coefficient (Wildman–Crippen LogP) is 3.21. The number of hydrogen-bond donors (Lipinski definition) is 0. The molecular formula is C19H21NO3. The Kier molecular flexibility index (Phi) is 4.60. The van der Waals surface area contributed by atoms with Gasteiger partial charge >= 0.3 is 5.97 Å². The number of ether oxygens (including phenoxy) is 1. The van der Waals surface area contributed by atoms with Gasteiger partial charge in [-0.3, -0.25) is 4.79 Å². The second-order valence-electron chi connectivity index (χ2n) is 5.92. The second kappa shape index (κ2) is 6.82. The number of esters is 1. The summed E-state index contributed by atoms with van der Waals surface area (Å²) in [5, 5.41) is 0. The Balaban J connectivity index is 1.69. The quantitative estimate of drug-likeness (QED) is 0.805. The topological polar surface area (TPSA) is 46.6 Å². The maximum Gasteiger partial charge on any atom is 0.338 e. The van der Waals surface area contributed by atoms with E-state index in [4.69, 9.17) is 4.74 Å². The third-order valence-electron chi connectivity index (χ3n) is 4.44. The Labute approximate surface area is 136 Å². The fraction of sp³-hybridized carbons (Fsp3) is 0.368. The van der Waals surface area contributed by atoms with Crippen LogP contribution in [0.3, 0.4) is 0 Å². The summed E-state index contributed by atoms with van der Waals surface area (Å²) in [6, 6.07) is 6.72. The zero-order valence-corrected chi connectivity index (χ0v) is 13.3. The summed E-state index contributed by atoms with van der Waals surface area (Å²) in [4.78, 5) is 26.2. The van der Waals surface area contributed by atoms with E-state index in [-0.39, 0.29) is 11.9 Å². The van der Waals surface area contributed by atoms with Crippen LogP contribution in [0.15, 0.2) is 48.1 Å². The van der Waals surface area contributed by atoms with Crippen molar-refractivity contribution in [2.45, 2.75) is 19.8 Å². The van der Waals surface area contributed by atoms with Gasteiger partial charge in [0.1, 0.15) is 0 Å². The zero-order valence-electron chi connectivity index (χ0n) is 13.3. The second-order valence-corrected chi connectivity index (χ2v) is 5.92. The smallest absolute Gasteiger partial charge is 0.338 e. The maximum atomic E-state index is 12.6. The summed E-state index contributed by atoms with van der Waals surface area (Å²) in [6.45, 7) is 3.61. The van der Waals surface area contributed by atoms with E-state index in [0.29, 0.717) is 30.2 Å². The summed E-state index contributed by atoms with van der Waals surface area (Å²) >= 11 is 0. The molecule has 1 aromatic rings. The minimum absolute atomic E-state index is 0.0225. The third kappa shape index (κ3) is 3.36. The molecule has 1 atom stereocenters. The van der Waals surface area contributed by atoms with E-state index in [9.17, 15) is 9.59 Å². The van der Waals surface area contributed by atoms with Gasteiger partial charge in [0.05, 0.1) is 12.2 Å². The largest absolute Gasteiger partial charge is 0.462 e. The first-order valence-electron chi connectivity index (χ1n) is 8.11. The first-order valence-corrected chi connectivity index (χ1v) is 8.11. The van der Waals surface area contributed by atoms with Crippen molar-refractivity contribution < 1.29 is 14.3 Å². The van der Waals surface area contributed by atoms with E-state index in [1.807, 2.05) is 4.90 Å². The minimum atomic E-state index is -0.355. The van der Waals surface area contributed by atoms with E-state index in [1.54, 1.807) is 31.2 Å². The number of hydrogen-bond acceptors (Lipinski definition) is 3. The Bertz CT molecular complexity index is 658. The molecule has 1 unspecified atom stereocenters. The average molecular weight is 311 g/mol. The van der Waals surface area contributed by atoms with Gasteiger partial charge in [-0.2, -0.15) is 0 Å². The molecule has 0 saturated carbocycles. The lowest BCUT2D eigenvalue weighted by Crippen LogP contribution is -2.40. The molecule has 0 spiro atoms. The number of piperidine rings is 1. The number of fused-ring (bicyclic) bond motifs is 1. The van der Waals surface area contributed by atoms with Crippen LogP contribution in [-0.2, 0) is 4.74 Å². The molecule has 3 rings (SSSR count). The molecule has 1 aliphatic heterocycles.